The van der Waals surface area contributed by atoms with Gasteiger partial charge in [-0.3, -0.25) is 5.32 Å². The summed E-state index contributed by atoms with van der Waals surface area (Å²) in [6, 6.07) is 7.88. The average Bonchev–Trinajstić information content (AvgIpc) is 3.04. The number of aliphatic hydroxyl groups is 1. The minimum Gasteiger partial charge on any atom is -0.391 e. The van der Waals surface area contributed by atoms with Crippen LogP contribution in [0.25, 0.3) is 5.69 Å². The van der Waals surface area contributed by atoms with Crippen LogP contribution >= 0.6 is 0 Å². The molecule has 3 rings (SSSR count). The number of nitrogens with one attached hydrogen (secondary N) is 1. The molecule has 2 aromatic rings. The molecule has 2 amide bonds. The molecule has 0 aliphatic carbocycles. The number of nitrogens with zero attached hydrogens (tertiary/aromatic N) is 3. The molecule has 1 saturated heterocycles. The first-order valence-electron chi connectivity index (χ1n) is 7.82. The number of carbonyl (C=O) groups excluding carboxylic acids is 1. The van der Waals surface area contributed by atoms with E-state index in [9.17, 15) is 9.90 Å². The maximum atomic E-state index is 12.2. The Labute approximate surface area is 135 Å². The molecule has 0 spiro atoms. The maximum Gasteiger partial charge on any atom is 0.323 e. The lowest BCUT2D eigenvalue weighted by molar-refractivity contribution is 0.176. The fourth-order valence-electron chi connectivity index (χ4n) is 2.98. The van der Waals surface area contributed by atoms with Crippen molar-refractivity contribution in [2.24, 2.45) is 0 Å². The maximum absolute atomic E-state index is 12.2. The molecule has 1 atom stereocenters. The van der Waals surface area contributed by atoms with Crippen molar-refractivity contribution in [2.45, 2.75) is 33.3 Å². The Morgan fingerprint density at radius 1 is 1.22 bits per heavy atom. The van der Waals surface area contributed by atoms with Gasteiger partial charge in [-0.2, -0.15) is 0 Å². The number of β-amino-alcohol motifs (C(OH)–C–C–N with tert-alkyl or cyclic N) is 1. The van der Waals surface area contributed by atoms with Gasteiger partial charge in [0.25, 0.3) is 0 Å². The predicted molar refractivity (Wildman–Crippen MR) is 89.0 cm³/mol. The molecule has 1 aromatic heterocycles. The Kier molecular flexibility index (Phi) is 4.09. The van der Waals surface area contributed by atoms with E-state index in [-0.39, 0.29) is 6.03 Å². The second-order valence-electron chi connectivity index (χ2n) is 6.25. The Morgan fingerprint density at radius 2 is 1.91 bits per heavy atom. The van der Waals surface area contributed by atoms with Gasteiger partial charge in [-0.15, -0.1) is 5.10 Å². The number of urea groups is 1. The van der Waals surface area contributed by atoms with Gasteiger partial charge in [-0.05, 0) is 50.5 Å². The highest BCUT2D eigenvalue weighted by molar-refractivity contribution is 5.88. The van der Waals surface area contributed by atoms with Gasteiger partial charge >= 0.3 is 6.03 Å². The molecule has 122 valence electrons. The minimum atomic E-state index is -0.421. The first-order valence-corrected chi connectivity index (χ1v) is 7.82. The monoisotopic (exact) mass is 314 g/mol. The Bertz CT molecular complexity index is 718. The van der Waals surface area contributed by atoms with Crippen LogP contribution in [-0.2, 0) is 0 Å². The van der Waals surface area contributed by atoms with E-state index in [1.807, 2.05) is 17.7 Å². The van der Waals surface area contributed by atoms with Crippen LogP contribution in [0, 0.1) is 20.8 Å². The summed E-state index contributed by atoms with van der Waals surface area (Å²) in [7, 11) is 0. The number of hydrogen-bond acceptors (Lipinski definition) is 3. The van der Waals surface area contributed by atoms with Crippen LogP contribution < -0.4 is 5.32 Å². The van der Waals surface area contributed by atoms with E-state index in [0.717, 1.165) is 11.4 Å². The normalized spacial score (nSPS) is 17.6. The molecule has 2 N–H and O–H groups in total. The molecule has 1 fully saturated rings. The third-order valence-electron chi connectivity index (χ3n) is 4.02. The average molecular weight is 314 g/mol. The molecular weight excluding hydrogens is 292 g/mol. The fraction of sp³-hybridized carbons (Fsp3) is 0.412. The van der Waals surface area contributed by atoms with Gasteiger partial charge in [0, 0.05) is 24.8 Å². The highest BCUT2D eigenvalue weighted by atomic mass is 16.3. The first kappa shape index (κ1) is 15.6. The van der Waals surface area contributed by atoms with Gasteiger partial charge in [-0.1, -0.05) is 6.07 Å². The zero-order valence-electron chi connectivity index (χ0n) is 13.7. The van der Waals surface area contributed by atoms with Crippen LogP contribution in [0.15, 0.2) is 24.3 Å². The lowest BCUT2D eigenvalue weighted by Gasteiger charge is -2.15. The molecule has 23 heavy (non-hydrogen) atoms. The predicted octanol–water partition coefficient (Wildman–Crippen LogP) is 2.40. The van der Waals surface area contributed by atoms with Gasteiger partial charge < -0.3 is 10.0 Å². The van der Waals surface area contributed by atoms with Crippen LogP contribution in [0.3, 0.4) is 0 Å². The molecule has 6 nitrogen and oxygen atoms in total. The molecule has 6 heteroatoms. The van der Waals surface area contributed by atoms with Crippen LogP contribution in [0.4, 0.5) is 10.6 Å². The van der Waals surface area contributed by atoms with Crippen LogP contribution in [0.1, 0.15) is 23.2 Å². The quantitative estimate of drug-likeness (QED) is 0.894. The van der Waals surface area contributed by atoms with Crippen molar-refractivity contribution in [3.8, 4) is 5.69 Å². The van der Waals surface area contributed by atoms with Crippen molar-refractivity contribution in [1.29, 1.82) is 0 Å². The number of benzene rings is 1. The zero-order chi connectivity index (χ0) is 16.6. The molecule has 2 heterocycles. The van der Waals surface area contributed by atoms with Gasteiger partial charge in [0.2, 0.25) is 0 Å². The number of rotatable bonds is 2. The summed E-state index contributed by atoms with van der Waals surface area (Å²) in [5.74, 6) is 0.521. The van der Waals surface area contributed by atoms with Gasteiger partial charge in [0.05, 0.1) is 11.8 Å². The summed E-state index contributed by atoms with van der Waals surface area (Å²) in [5.41, 5.74) is 4.28. The molecule has 1 aromatic carbocycles. The fourth-order valence-corrected chi connectivity index (χ4v) is 2.98. The molecule has 0 saturated carbocycles. The number of likely N-dealkylation sites (tertiary alicyclic amines) is 1. The van der Waals surface area contributed by atoms with Gasteiger partial charge in [0.15, 0.2) is 5.82 Å². The summed E-state index contributed by atoms with van der Waals surface area (Å²) in [5, 5.41) is 16.8. The van der Waals surface area contributed by atoms with Crippen molar-refractivity contribution in [3.63, 3.8) is 0 Å². The highest BCUT2D eigenvalue weighted by Crippen LogP contribution is 2.19. The van der Waals surface area contributed by atoms with Crippen molar-refractivity contribution in [1.82, 2.24) is 14.7 Å². The summed E-state index contributed by atoms with van der Waals surface area (Å²) >= 11 is 0. The summed E-state index contributed by atoms with van der Waals surface area (Å²) in [4.78, 5) is 13.8. The number of aryl methyl sites for hydroxylation is 3. The lowest BCUT2D eigenvalue weighted by Crippen LogP contribution is -2.33. The van der Waals surface area contributed by atoms with E-state index >= 15 is 0 Å². The van der Waals surface area contributed by atoms with Crippen LogP contribution in [-0.4, -0.2) is 45.0 Å². The van der Waals surface area contributed by atoms with Gasteiger partial charge in [0.1, 0.15) is 0 Å². The molecule has 0 radical (unpaired) electrons. The Balaban J connectivity index is 1.79. The van der Waals surface area contributed by atoms with Crippen LogP contribution in [0.5, 0.6) is 0 Å². The Morgan fingerprint density at radius 3 is 2.52 bits per heavy atom. The van der Waals surface area contributed by atoms with E-state index in [1.54, 1.807) is 4.90 Å². The summed E-state index contributed by atoms with van der Waals surface area (Å²) < 4.78 is 1.83. The number of aromatic nitrogens is 2. The van der Waals surface area contributed by atoms with Crippen molar-refractivity contribution >= 4 is 11.8 Å². The van der Waals surface area contributed by atoms with Crippen LogP contribution in [0.2, 0.25) is 0 Å². The SMILES string of the molecule is Cc1cc(C)cc(-n2nc(NC(=O)N3CC[C@H](O)C3)cc2C)c1. The smallest absolute Gasteiger partial charge is 0.323 e. The second kappa shape index (κ2) is 6.04. The Hall–Kier alpha value is -2.34. The summed E-state index contributed by atoms with van der Waals surface area (Å²) in [6.07, 6.45) is 0.207. The molecule has 0 unspecified atom stereocenters. The number of amides is 2. The standard InChI is InChI=1S/C17H22N4O2/c1-11-6-12(2)8-14(7-11)21-13(3)9-16(19-21)18-17(23)20-5-4-15(22)10-20/h6-9,15,22H,4-5,10H2,1-3H3,(H,18,19,23)/t15-/m0/s1. The van der Waals surface area contributed by atoms with E-state index < -0.39 is 6.10 Å². The van der Waals surface area contributed by atoms with E-state index in [1.165, 1.54) is 11.1 Å². The summed E-state index contributed by atoms with van der Waals surface area (Å²) in [6.45, 7) is 7.01. The zero-order valence-corrected chi connectivity index (χ0v) is 13.7. The van der Waals surface area contributed by atoms with E-state index in [2.05, 4.69) is 42.5 Å². The molecule has 0 bridgehead atoms. The largest absolute Gasteiger partial charge is 0.391 e. The second-order valence-corrected chi connectivity index (χ2v) is 6.25. The number of carbonyl (C=O) groups is 1. The minimum absolute atomic E-state index is 0.216. The highest BCUT2D eigenvalue weighted by Gasteiger charge is 2.25. The number of anilines is 1. The molecule has 1 aliphatic heterocycles. The van der Waals surface area contributed by atoms with E-state index in [0.29, 0.717) is 25.3 Å². The molecular formula is C17H22N4O2. The topological polar surface area (TPSA) is 70.4 Å². The molecule has 1 aliphatic rings. The van der Waals surface area contributed by atoms with Crippen molar-refractivity contribution < 1.29 is 9.90 Å². The van der Waals surface area contributed by atoms with Gasteiger partial charge in [-0.25, -0.2) is 9.48 Å². The number of aliphatic hydroxyl groups excluding tert-OH is 1. The lowest BCUT2D eigenvalue weighted by atomic mass is 10.1. The van der Waals surface area contributed by atoms with Crippen molar-refractivity contribution in [3.05, 3.63) is 41.1 Å². The van der Waals surface area contributed by atoms with E-state index in [4.69, 9.17) is 0 Å². The number of hydrogen-bond donors (Lipinski definition) is 2. The van der Waals surface area contributed by atoms with Crippen molar-refractivity contribution in [2.75, 3.05) is 18.4 Å². The third-order valence-corrected chi connectivity index (χ3v) is 4.02. The first-order chi connectivity index (χ1) is 10.9. The third kappa shape index (κ3) is 3.37.